The van der Waals surface area contributed by atoms with Gasteiger partial charge in [0.05, 0.1) is 0 Å². The van der Waals surface area contributed by atoms with Gasteiger partial charge in [0.2, 0.25) is 17.1 Å². The third-order valence-corrected chi connectivity index (χ3v) is 3.47. The Morgan fingerprint density at radius 1 is 1.35 bits per heavy atom. The van der Waals surface area contributed by atoms with Gasteiger partial charge < -0.3 is 4.90 Å². The summed E-state index contributed by atoms with van der Waals surface area (Å²) < 4.78 is 0.879. The van der Waals surface area contributed by atoms with Crippen LogP contribution in [0, 0.1) is 0 Å². The van der Waals surface area contributed by atoms with Crippen molar-refractivity contribution in [3.05, 3.63) is 11.6 Å². The lowest BCUT2D eigenvalue weighted by Crippen LogP contribution is -2.17. The van der Waals surface area contributed by atoms with Gasteiger partial charge >= 0.3 is 0 Å². The van der Waals surface area contributed by atoms with E-state index in [2.05, 4.69) is 25.4 Å². The predicted molar refractivity (Wildman–Crippen MR) is 68.2 cm³/mol. The summed E-state index contributed by atoms with van der Waals surface area (Å²) in [5.74, 6) is 6.20. The largest absolute Gasteiger partial charge is 0.347 e. The van der Waals surface area contributed by atoms with Crippen LogP contribution in [0.1, 0.15) is 0 Å². The molecule has 0 amide bonds. The highest BCUT2D eigenvalue weighted by atomic mass is 32.2. The number of hydrazine groups is 1. The number of nitrogens with zero attached hydrogens (tertiary/aromatic N) is 5. The molecule has 0 saturated heterocycles. The van der Waals surface area contributed by atoms with E-state index in [1.807, 2.05) is 19.5 Å². The van der Waals surface area contributed by atoms with E-state index in [0.29, 0.717) is 17.1 Å². The zero-order valence-corrected chi connectivity index (χ0v) is 10.9. The van der Waals surface area contributed by atoms with Crippen LogP contribution in [0.15, 0.2) is 21.1 Å². The van der Waals surface area contributed by atoms with Gasteiger partial charge in [-0.05, 0) is 11.8 Å². The molecule has 0 bridgehead atoms. The fourth-order valence-corrected chi connectivity index (χ4v) is 2.47. The first-order chi connectivity index (χ1) is 8.19. The fourth-order valence-electron chi connectivity index (χ4n) is 0.995. The molecule has 2 aromatic heterocycles. The maximum Gasteiger partial charge on any atom is 0.242 e. The van der Waals surface area contributed by atoms with Gasteiger partial charge in [0.1, 0.15) is 0 Å². The predicted octanol–water partition coefficient (Wildman–Crippen LogP) is 0.831. The molecule has 0 spiro atoms. The lowest BCUT2D eigenvalue weighted by Gasteiger charge is -2.11. The summed E-state index contributed by atoms with van der Waals surface area (Å²) in [7, 11) is 3.71. The van der Waals surface area contributed by atoms with Crippen molar-refractivity contribution in [3.8, 4) is 0 Å². The molecule has 2 heterocycles. The second kappa shape index (κ2) is 5.25. The Hall–Kier alpha value is -1.45. The maximum absolute atomic E-state index is 5.32. The quantitative estimate of drug-likeness (QED) is 0.623. The summed E-state index contributed by atoms with van der Waals surface area (Å²) in [5.41, 5.74) is 2.42. The first-order valence-corrected chi connectivity index (χ1v) is 6.36. The van der Waals surface area contributed by atoms with E-state index < -0.39 is 0 Å². The van der Waals surface area contributed by atoms with Gasteiger partial charge in [0, 0.05) is 25.7 Å². The van der Waals surface area contributed by atoms with Crippen molar-refractivity contribution in [1.29, 1.82) is 0 Å². The number of nitrogen functional groups attached to an aromatic ring is 1. The van der Waals surface area contributed by atoms with Crippen molar-refractivity contribution in [1.82, 2.24) is 19.9 Å². The van der Waals surface area contributed by atoms with Crippen molar-refractivity contribution in [2.24, 2.45) is 5.84 Å². The number of nitrogens with one attached hydrogen (secondary N) is 1. The van der Waals surface area contributed by atoms with Crippen LogP contribution >= 0.6 is 23.1 Å². The SMILES string of the molecule is CN(C)c1nc(NN)nc(Sc2nccs2)n1. The second-order valence-corrected chi connectivity index (χ2v) is 5.29. The lowest BCUT2D eigenvalue weighted by molar-refractivity contribution is 0.865. The first-order valence-electron chi connectivity index (χ1n) is 4.66. The zero-order chi connectivity index (χ0) is 12.3. The maximum atomic E-state index is 5.32. The van der Waals surface area contributed by atoms with Crippen LogP contribution in [0.4, 0.5) is 11.9 Å². The van der Waals surface area contributed by atoms with E-state index in [0.717, 1.165) is 4.34 Å². The molecule has 0 fully saturated rings. The van der Waals surface area contributed by atoms with E-state index in [1.165, 1.54) is 23.1 Å². The monoisotopic (exact) mass is 269 g/mol. The standard InChI is InChI=1S/C8H11N7S2/c1-15(2)6-11-5(14-9)12-7(13-6)17-8-10-3-4-16-8/h3-4H,9H2,1-2H3,(H,11,12,13,14). The number of aromatic nitrogens is 4. The topological polar surface area (TPSA) is 92.9 Å². The number of rotatable bonds is 4. The number of hydrogen-bond donors (Lipinski definition) is 2. The van der Waals surface area contributed by atoms with Crippen molar-refractivity contribution in [2.75, 3.05) is 24.4 Å². The molecule has 2 aromatic rings. The molecule has 3 N–H and O–H groups in total. The Morgan fingerprint density at radius 3 is 2.76 bits per heavy atom. The van der Waals surface area contributed by atoms with Crippen LogP contribution in [-0.2, 0) is 0 Å². The summed E-state index contributed by atoms with van der Waals surface area (Å²) >= 11 is 2.91. The van der Waals surface area contributed by atoms with Crippen molar-refractivity contribution in [2.45, 2.75) is 9.50 Å². The molecule has 17 heavy (non-hydrogen) atoms. The van der Waals surface area contributed by atoms with Gasteiger partial charge in [-0.25, -0.2) is 10.8 Å². The second-order valence-electron chi connectivity index (χ2n) is 3.18. The highest BCUT2D eigenvalue weighted by Gasteiger charge is 2.09. The van der Waals surface area contributed by atoms with Crippen LogP contribution in [0.5, 0.6) is 0 Å². The molecule has 0 aliphatic carbocycles. The lowest BCUT2D eigenvalue weighted by atomic mass is 10.8. The Balaban J connectivity index is 2.29. The van der Waals surface area contributed by atoms with E-state index in [9.17, 15) is 0 Å². The molecular formula is C8H11N7S2. The Kier molecular flexibility index (Phi) is 3.71. The highest BCUT2D eigenvalue weighted by Crippen LogP contribution is 2.27. The molecule has 7 nitrogen and oxygen atoms in total. The van der Waals surface area contributed by atoms with Crippen LogP contribution in [0.25, 0.3) is 0 Å². The Morgan fingerprint density at radius 2 is 2.18 bits per heavy atom. The smallest absolute Gasteiger partial charge is 0.242 e. The zero-order valence-electron chi connectivity index (χ0n) is 9.28. The first kappa shape index (κ1) is 12.0. The summed E-state index contributed by atoms with van der Waals surface area (Å²) in [6, 6.07) is 0. The Labute approximate surface area is 106 Å². The van der Waals surface area contributed by atoms with Crippen LogP contribution < -0.4 is 16.2 Å². The van der Waals surface area contributed by atoms with E-state index >= 15 is 0 Å². The third kappa shape index (κ3) is 3.02. The van der Waals surface area contributed by atoms with Gasteiger partial charge in [-0.1, -0.05) is 0 Å². The number of thiazole rings is 1. The van der Waals surface area contributed by atoms with Gasteiger partial charge in [0.15, 0.2) is 4.34 Å². The summed E-state index contributed by atoms with van der Waals surface area (Å²) in [6.45, 7) is 0. The average Bonchev–Trinajstić information content (AvgIpc) is 2.81. The number of nitrogens with two attached hydrogens (primary N) is 1. The van der Waals surface area contributed by atoms with Crippen molar-refractivity contribution < 1.29 is 0 Å². The number of anilines is 2. The summed E-state index contributed by atoms with van der Waals surface area (Å²) in [6.07, 6.45) is 1.74. The highest BCUT2D eigenvalue weighted by molar-refractivity contribution is 8.00. The third-order valence-electron chi connectivity index (χ3n) is 1.72. The van der Waals surface area contributed by atoms with E-state index in [-0.39, 0.29) is 0 Å². The average molecular weight is 269 g/mol. The summed E-state index contributed by atoms with van der Waals surface area (Å²) in [5, 5.41) is 2.46. The Bertz CT molecular complexity index is 485. The molecule has 0 radical (unpaired) electrons. The van der Waals surface area contributed by atoms with E-state index in [4.69, 9.17) is 5.84 Å². The van der Waals surface area contributed by atoms with Gasteiger partial charge in [-0.3, -0.25) is 5.43 Å². The van der Waals surface area contributed by atoms with Gasteiger partial charge in [-0.2, -0.15) is 15.0 Å². The van der Waals surface area contributed by atoms with E-state index in [1.54, 1.807) is 11.1 Å². The molecule has 0 atom stereocenters. The number of hydrogen-bond acceptors (Lipinski definition) is 9. The molecule has 2 rings (SSSR count). The minimum atomic E-state index is 0.336. The normalized spacial score (nSPS) is 10.3. The molecule has 0 saturated carbocycles. The minimum absolute atomic E-state index is 0.336. The molecule has 0 aliphatic rings. The van der Waals surface area contributed by atoms with Crippen LogP contribution in [0.3, 0.4) is 0 Å². The molecule has 0 aromatic carbocycles. The molecule has 9 heteroatoms. The fraction of sp³-hybridized carbons (Fsp3) is 0.250. The summed E-state index contributed by atoms with van der Waals surface area (Å²) in [4.78, 5) is 18.5. The molecule has 90 valence electrons. The molecular weight excluding hydrogens is 258 g/mol. The van der Waals surface area contributed by atoms with Crippen molar-refractivity contribution in [3.63, 3.8) is 0 Å². The molecule has 0 unspecified atom stereocenters. The van der Waals surface area contributed by atoms with Crippen molar-refractivity contribution >= 4 is 35.0 Å². The van der Waals surface area contributed by atoms with Crippen LogP contribution in [-0.4, -0.2) is 34.0 Å². The van der Waals surface area contributed by atoms with Gasteiger partial charge in [-0.15, -0.1) is 11.3 Å². The van der Waals surface area contributed by atoms with Crippen LogP contribution in [0.2, 0.25) is 0 Å². The molecule has 0 aliphatic heterocycles. The minimum Gasteiger partial charge on any atom is -0.347 e. The van der Waals surface area contributed by atoms with Gasteiger partial charge in [0.25, 0.3) is 0 Å².